The van der Waals surface area contributed by atoms with Crippen molar-refractivity contribution in [1.29, 1.82) is 0 Å². The summed E-state index contributed by atoms with van der Waals surface area (Å²) in [6.07, 6.45) is 0. The molecule has 0 radical (unpaired) electrons. The number of nitrogens with zero attached hydrogens (tertiary/aromatic N) is 3. The minimum atomic E-state index is -0.298. The van der Waals surface area contributed by atoms with Gasteiger partial charge in [0, 0.05) is 12.6 Å². The SMILES string of the molecule is Cc1nn(C)c(C)c1NC(=O)c1nc(-c2ccccc2)oc1C. The van der Waals surface area contributed by atoms with Crippen LogP contribution in [-0.4, -0.2) is 20.7 Å². The van der Waals surface area contributed by atoms with Crippen molar-refractivity contribution in [3.8, 4) is 11.5 Å². The number of hydrogen-bond donors (Lipinski definition) is 1. The summed E-state index contributed by atoms with van der Waals surface area (Å²) in [5.74, 6) is 0.626. The van der Waals surface area contributed by atoms with E-state index in [2.05, 4.69) is 15.4 Å². The van der Waals surface area contributed by atoms with E-state index < -0.39 is 0 Å². The third-order valence-corrected chi connectivity index (χ3v) is 3.78. The Morgan fingerprint density at radius 1 is 1.17 bits per heavy atom. The number of benzene rings is 1. The van der Waals surface area contributed by atoms with Crippen LogP contribution < -0.4 is 5.32 Å². The molecule has 1 N–H and O–H groups in total. The van der Waals surface area contributed by atoms with Gasteiger partial charge in [0.15, 0.2) is 5.69 Å². The van der Waals surface area contributed by atoms with E-state index in [1.165, 1.54) is 0 Å². The van der Waals surface area contributed by atoms with Crippen LogP contribution in [0.2, 0.25) is 0 Å². The van der Waals surface area contributed by atoms with Gasteiger partial charge in [-0.2, -0.15) is 5.10 Å². The molecule has 2 aromatic heterocycles. The summed E-state index contributed by atoms with van der Waals surface area (Å²) in [6, 6.07) is 9.50. The molecule has 6 heteroatoms. The van der Waals surface area contributed by atoms with Gasteiger partial charge in [-0.15, -0.1) is 0 Å². The molecule has 23 heavy (non-hydrogen) atoms. The number of aryl methyl sites for hydroxylation is 3. The summed E-state index contributed by atoms with van der Waals surface area (Å²) in [5.41, 5.74) is 3.49. The molecule has 0 aliphatic heterocycles. The molecular formula is C17H18N4O2. The average molecular weight is 310 g/mol. The maximum atomic E-state index is 12.5. The molecule has 3 rings (SSSR count). The number of aromatic nitrogens is 3. The monoisotopic (exact) mass is 310 g/mol. The first-order chi connectivity index (χ1) is 11.0. The second kappa shape index (κ2) is 5.72. The molecular weight excluding hydrogens is 292 g/mol. The highest BCUT2D eigenvalue weighted by molar-refractivity contribution is 6.04. The first-order valence-electron chi connectivity index (χ1n) is 7.31. The molecule has 0 aliphatic rings. The van der Waals surface area contributed by atoms with Crippen LogP contribution in [0.25, 0.3) is 11.5 Å². The quantitative estimate of drug-likeness (QED) is 0.806. The number of oxazole rings is 1. The van der Waals surface area contributed by atoms with Crippen LogP contribution in [0.3, 0.4) is 0 Å². The number of hydrogen-bond acceptors (Lipinski definition) is 4. The second-order valence-corrected chi connectivity index (χ2v) is 5.41. The molecule has 118 valence electrons. The van der Waals surface area contributed by atoms with Crippen molar-refractivity contribution in [1.82, 2.24) is 14.8 Å². The fraction of sp³-hybridized carbons (Fsp3) is 0.235. The number of carbonyl (C=O) groups is 1. The Balaban J connectivity index is 1.90. The Hall–Kier alpha value is -2.89. The second-order valence-electron chi connectivity index (χ2n) is 5.41. The predicted octanol–water partition coefficient (Wildman–Crippen LogP) is 3.25. The first kappa shape index (κ1) is 15.0. The molecule has 0 saturated heterocycles. The van der Waals surface area contributed by atoms with Gasteiger partial charge in [0.25, 0.3) is 5.91 Å². The van der Waals surface area contributed by atoms with Crippen LogP contribution in [0, 0.1) is 20.8 Å². The van der Waals surface area contributed by atoms with Crippen molar-refractivity contribution in [2.45, 2.75) is 20.8 Å². The lowest BCUT2D eigenvalue weighted by atomic mass is 10.2. The van der Waals surface area contributed by atoms with Gasteiger partial charge < -0.3 is 9.73 Å². The zero-order valence-corrected chi connectivity index (χ0v) is 13.5. The van der Waals surface area contributed by atoms with E-state index in [-0.39, 0.29) is 11.6 Å². The lowest BCUT2D eigenvalue weighted by Crippen LogP contribution is -2.14. The normalized spacial score (nSPS) is 10.8. The van der Waals surface area contributed by atoms with Crippen molar-refractivity contribution in [3.05, 3.63) is 53.2 Å². The van der Waals surface area contributed by atoms with E-state index in [9.17, 15) is 4.79 Å². The zero-order valence-electron chi connectivity index (χ0n) is 13.5. The molecule has 1 amide bonds. The van der Waals surface area contributed by atoms with Crippen molar-refractivity contribution in [3.63, 3.8) is 0 Å². The van der Waals surface area contributed by atoms with Crippen molar-refractivity contribution in [2.24, 2.45) is 7.05 Å². The van der Waals surface area contributed by atoms with Gasteiger partial charge in [-0.05, 0) is 32.9 Å². The van der Waals surface area contributed by atoms with Crippen LogP contribution >= 0.6 is 0 Å². The predicted molar refractivity (Wildman–Crippen MR) is 87.3 cm³/mol. The molecule has 0 unspecified atom stereocenters. The van der Waals surface area contributed by atoms with Crippen LogP contribution in [0.15, 0.2) is 34.7 Å². The summed E-state index contributed by atoms with van der Waals surface area (Å²) >= 11 is 0. The van der Waals surface area contributed by atoms with Crippen LogP contribution in [0.4, 0.5) is 5.69 Å². The van der Waals surface area contributed by atoms with Gasteiger partial charge in [-0.3, -0.25) is 9.48 Å². The van der Waals surface area contributed by atoms with Gasteiger partial charge in [-0.25, -0.2) is 4.98 Å². The van der Waals surface area contributed by atoms with E-state index in [0.29, 0.717) is 17.3 Å². The summed E-state index contributed by atoms with van der Waals surface area (Å²) in [7, 11) is 1.84. The molecule has 0 saturated carbocycles. The molecule has 0 spiro atoms. The van der Waals surface area contributed by atoms with Crippen molar-refractivity contribution in [2.75, 3.05) is 5.32 Å². The Bertz CT molecular complexity index is 862. The van der Waals surface area contributed by atoms with E-state index in [1.807, 2.05) is 51.2 Å². The fourth-order valence-electron chi connectivity index (χ4n) is 2.44. The Labute approximate surface area is 134 Å². The van der Waals surface area contributed by atoms with Crippen LogP contribution in [0.1, 0.15) is 27.6 Å². The average Bonchev–Trinajstić information content (AvgIpc) is 3.04. The number of rotatable bonds is 3. The number of anilines is 1. The third-order valence-electron chi connectivity index (χ3n) is 3.78. The van der Waals surface area contributed by atoms with E-state index in [4.69, 9.17) is 4.42 Å². The Kier molecular flexibility index (Phi) is 3.73. The van der Waals surface area contributed by atoms with Crippen molar-refractivity contribution >= 4 is 11.6 Å². The highest BCUT2D eigenvalue weighted by Gasteiger charge is 2.20. The largest absolute Gasteiger partial charge is 0.441 e. The zero-order chi connectivity index (χ0) is 16.6. The molecule has 0 aliphatic carbocycles. The summed E-state index contributed by atoms with van der Waals surface area (Å²) in [5, 5.41) is 7.17. The highest BCUT2D eigenvalue weighted by Crippen LogP contribution is 2.23. The van der Waals surface area contributed by atoms with Crippen molar-refractivity contribution < 1.29 is 9.21 Å². The minimum absolute atomic E-state index is 0.284. The fourth-order valence-corrected chi connectivity index (χ4v) is 2.44. The molecule has 1 aromatic carbocycles. The van der Waals surface area contributed by atoms with Gasteiger partial charge in [0.2, 0.25) is 5.89 Å². The Morgan fingerprint density at radius 3 is 2.48 bits per heavy atom. The standard InChI is InChI=1S/C17H18N4O2/c1-10-14(11(2)21(4)20-10)18-16(22)15-12(3)23-17(19-15)13-8-6-5-7-9-13/h5-9H,1-4H3,(H,18,22). The minimum Gasteiger partial charge on any atom is -0.441 e. The maximum absolute atomic E-state index is 12.5. The summed E-state index contributed by atoms with van der Waals surface area (Å²) < 4.78 is 7.36. The van der Waals surface area contributed by atoms with Crippen LogP contribution in [-0.2, 0) is 7.05 Å². The van der Waals surface area contributed by atoms with Gasteiger partial charge in [0.05, 0.1) is 17.1 Å². The molecule has 0 fully saturated rings. The molecule has 0 bridgehead atoms. The Morgan fingerprint density at radius 2 is 1.87 bits per heavy atom. The topological polar surface area (TPSA) is 73.0 Å². The van der Waals surface area contributed by atoms with Gasteiger partial charge in [0.1, 0.15) is 5.76 Å². The third kappa shape index (κ3) is 2.75. The lowest BCUT2D eigenvalue weighted by Gasteiger charge is -2.03. The number of amides is 1. The van der Waals surface area contributed by atoms with Gasteiger partial charge in [-0.1, -0.05) is 18.2 Å². The van der Waals surface area contributed by atoms with Crippen LogP contribution in [0.5, 0.6) is 0 Å². The summed E-state index contributed by atoms with van der Waals surface area (Å²) in [6.45, 7) is 5.49. The van der Waals surface area contributed by atoms with E-state index >= 15 is 0 Å². The summed E-state index contributed by atoms with van der Waals surface area (Å²) in [4.78, 5) is 16.9. The lowest BCUT2D eigenvalue weighted by molar-refractivity contribution is 0.102. The van der Waals surface area contributed by atoms with E-state index in [1.54, 1.807) is 11.6 Å². The van der Waals surface area contributed by atoms with E-state index in [0.717, 1.165) is 17.0 Å². The maximum Gasteiger partial charge on any atom is 0.278 e. The van der Waals surface area contributed by atoms with Gasteiger partial charge >= 0.3 is 0 Å². The smallest absolute Gasteiger partial charge is 0.278 e. The number of carbonyl (C=O) groups excluding carboxylic acids is 1. The highest BCUT2D eigenvalue weighted by atomic mass is 16.4. The first-order valence-corrected chi connectivity index (χ1v) is 7.31. The molecule has 3 aromatic rings. The molecule has 6 nitrogen and oxygen atoms in total. The molecule has 2 heterocycles. The number of nitrogens with one attached hydrogen (secondary N) is 1. The molecule has 0 atom stereocenters.